The van der Waals surface area contributed by atoms with Crippen LogP contribution in [-0.4, -0.2) is 18.6 Å². The van der Waals surface area contributed by atoms with Gasteiger partial charge >= 0.3 is 0 Å². The summed E-state index contributed by atoms with van der Waals surface area (Å²) in [7, 11) is 0. The molecule has 4 nitrogen and oxygen atoms in total. The van der Waals surface area contributed by atoms with Crippen LogP contribution in [-0.2, 0) is 21.1 Å². The van der Waals surface area contributed by atoms with E-state index in [4.69, 9.17) is 18.6 Å². The van der Waals surface area contributed by atoms with Crippen LogP contribution in [0.2, 0.25) is 0 Å². The van der Waals surface area contributed by atoms with E-state index in [1.807, 2.05) is 0 Å². The summed E-state index contributed by atoms with van der Waals surface area (Å²) in [6.45, 7) is 0. The second-order valence-corrected chi connectivity index (χ2v) is 0. The molecule has 0 saturated carbocycles. The van der Waals surface area contributed by atoms with Gasteiger partial charge in [0.25, 0.3) is 0 Å². The average molecular weight is 394 g/mol. The predicted molar refractivity (Wildman–Crippen MR) is 32.3 cm³/mol. The van der Waals surface area contributed by atoms with E-state index in [9.17, 15) is 0 Å². The maximum Gasteiger partial charge on any atom is 0.0579 e. The van der Waals surface area contributed by atoms with E-state index >= 15 is 0 Å². The van der Waals surface area contributed by atoms with E-state index in [0.717, 1.165) is 0 Å². The molecule has 0 amide bonds. The molecule has 0 heterocycles. The van der Waals surface area contributed by atoms with Gasteiger partial charge in [-0.2, -0.15) is 0 Å². The van der Waals surface area contributed by atoms with Crippen molar-refractivity contribution in [1.29, 1.82) is 0 Å². The Morgan fingerprint density at radius 2 is 0.444 bits per heavy atom. The van der Waals surface area contributed by atoms with Gasteiger partial charge < -0.3 is 0 Å². The third-order valence-corrected chi connectivity index (χ3v) is 0. The molecule has 62 valence electrons. The maximum absolute atomic E-state index is 6.47. The SMILES string of the molecule is OCl.OCl.OCl.OCl.[W]. The first-order chi connectivity index (χ1) is 4.00. The third kappa shape index (κ3) is 201. The van der Waals surface area contributed by atoms with Crippen LogP contribution >= 0.6 is 47.5 Å². The molecule has 0 rings (SSSR count). The smallest absolute Gasteiger partial charge is 0.0579 e. The first kappa shape index (κ1) is 31.0. The zero-order valence-corrected chi connectivity index (χ0v) is 9.67. The largest absolute Gasteiger partial charge is 0.295 e. The summed E-state index contributed by atoms with van der Waals surface area (Å²) < 4.78 is 25.9. The summed E-state index contributed by atoms with van der Waals surface area (Å²) in [5.41, 5.74) is 0. The van der Waals surface area contributed by atoms with Crippen molar-refractivity contribution in [2.24, 2.45) is 0 Å². The molecule has 0 bridgehead atoms. The fourth-order valence-corrected chi connectivity index (χ4v) is 0. The zero-order valence-electron chi connectivity index (χ0n) is 3.71. The molecule has 0 fully saturated rings. The van der Waals surface area contributed by atoms with Crippen molar-refractivity contribution in [3.8, 4) is 0 Å². The third-order valence-electron chi connectivity index (χ3n) is 0. The van der Waals surface area contributed by atoms with Gasteiger partial charge in [-0.3, -0.25) is 18.6 Å². The Labute approximate surface area is 86.9 Å². The van der Waals surface area contributed by atoms with Crippen LogP contribution < -0.4 is 0 Å². The quantitative estimate of drug-likeness (QED) is 0.484. The normalized spacial score (nSPS) is 2.67. The van der Waals surface area contributed by atoms with Crippen LogP contribution in [0.15, 0.2) is 0 Å². The Hall–Kier alpha value is 1.69. The van der Waals surface area contributed by atoms with Crippen LogP contribution in [0.25, 0.3) is 0 Å². The first-order valence-corrected chi connectivity index (χ1v) is 2.03. The molecule has 9 heavy (non-hydrogen) atoms. The second kappa shape index (κ2) is 257. The summed E-state index contributed by atoms with van der Waals surface area (Å²) in [5, 5.41) is 0. The van der Waals surface area contributed by atoms with Crippen LogP contribution in [0.1, 0.15) is 0 Å². The van der Waals surface area contributed by atoms with Gasteiger partial charge in [0.1, 0.15) is 0 Å². The molecule has 0 aliphatic rings. The van der Waals surface area contributed by atoms with Crippen LogP contribution in [0, 0.1) is 0 Å². The molecule has 0 saturated heterocycles. The minimum Gasteiger partial charge on any atom is -0.295 e. The standard InChI is InChI=1S/4ClHO.W/c4*1-2;/h4*2H;. The summed E-state index contributed by atoms with van der Waals surface area (Å²) in [5.74, 6) is 0. The van der Waals surface area contributed by atoms with Crippen molar-refractivity contribution in [3.05, 3.63) is 0 Å². The van der Waals surface area contributed by atoms with Gasteiger partial charge in [0.15, 0.2) is 0 Å². The van der Waals surface area contributed by atoms with E-state index < -0.39 is 0 Å². The molecule has 0 aliphatic heterocycles. The molecular formula is H4Cl4O4W. The fraction of sp³-hybridized carbons (Fsp3) is 0. The zero-order chi connectivity index (χ0) is 8.00. The van der Waals surface area contributed by atoms with Gasteiger partial charge in [-0.25, -0.2) is 0 Å². The average Bonchev–Trinajstić information content (AvgIpc) is 2.03. The topological polar surface area (TPSA) is 80.9 Å². The van der Waals surface area contributed by atoms with E-state index in [0.29, 0.717) is 0 Å². The van der Waals surface area contributed by atoms with Gasteiger partial charge in [-0.1, -0.05) is 0 Å². The molecule has 0 spiro atoms. The van der Waals surface area contributed by atoms with Crippen molar-refractivity contribution < 1.29 is 39.7 Å². The molecule has 4 N–H and O–H groups in total. The van der Waals surface area contributed by atoms with Crippen LogP contribution in [0.3, 0.4) is 0 Å². The Kier molecular flexibility index (Phi) is 884. The number of rotatable bonds is 0. The number of hydrogen-bond donors (Lipinski definition) is 4. The molecule has 9 heteroatoms. The van der Waals surface area contributed by atoms with E-state index in [2.05, 4.69) is 47.5 Å². The van der Waals surface area contributed by atoms with Crippen LogP contribution in [0.5, 0.6) is 0 Å². The summed E-state index contributed by atoms with van der Waals surface area (Å²) in [6, 6.07) is 0. The van der Waals surface area contributed by atoms with Crippen molar-refractivity contribution in [2.45, 2.75) is 0 Å². The molecule has 0 aromatic carbocycles. The monoisotopic (exact) mass is 392 g/mol. The summed E-state index contributed by atoms with van der Waals surface area (Å²) in [4.78, 5) is 0. The number of halogens is 4. The summed E-state index contributed by atoms with van der Waals surface area (Å²) >= 11 is 14.6. The van der Waals surface area contributed by atoms with Gasteiger partial charge in [0.2, 0.25) is 0 Å². The van der Waals surface area contributed by atoms with E-state index in [1.54, 1.807) is 0 Å². The van der Waals surface area contributed by atoms with Gasteiger partial charge in [0.05, 0.1) is 47.5 Å². The predicted octanol–water partition coefficient (Wildman–Crippen LogP) is 0.527. The minimum atomic E-state index is 0. The van der Waals surface area contributed by atoms with Crippen molar-refractivity contribution in [3.63, 3.8) is 0 Å². The van der Waals surface area contributed by atoms with E-state index in [1.165, 1.54) is 0 Å². The van der Waals surface area contributed by atoms with Gasteiger partial charge in [-0.05, 0) is 0 Å². The second-order valence-electron chi connectivity index (χ2n) is 0. The van der Waals surface area contributed by atoms with E-state index in [-0.39, 0.29) is 21.1 Å². The van der Waals surface area contributed by atoms with Crippen molar-refractivity contribution in [1.82, 2.24) is 0 Å². The molecule has 0 atom stereocenters. The molecule has 0 radical (unpaired) electrons. The molecule has 0 unspecified atom stereocenters. The Bertz CT molecular complexity index is 12.5. The Morgan fingerprint density at radius 3 is 0.444 bits per heavy atom. The van der Waals surface area contributed by atoms with Crippen molar-refractivity contribution >= 4 is 47.5 Å². The Morgan fingerprint density at radius 1 is 0.444 bits per heavy atom. The summed E-state index contributed by atoms with van der Waals surface area (Å²) in [6.07, 6.45) is 0. The Balaban J connectivity index is -0.00000000762. The van der Waals surface area contributed by atoms with Crippen LogP contribution in [0.4, 0.5) is 0 Å². The molecule has 0 aliphatic carbocycles. The number of hydrogen-bond acceptors (Lipinski definition) is 4. The maximum atomic E-state index is 6.47. The molecular weight excluding hydrogens is 390 g/mol. The van der Waals surface area contributed by atoms with Gasteiger partial charge in [-0.15, -0.1) is 0 Å². The molecule has 0 aromatic rings. The van der Waals surface area contributed by atoms with Crippen molar-refractivity contribution in [2.75, 3.05) is 0 Å². The van der Waals surface area contributed by atoms with Gasteiger partial charge in [0, 0.05) is 21.1 Å². The first-order valence-electron chi connectivity index (χ1n) is 0.676. The molecule has 0 aromatic heterocycles. The fourth-order valence-electron chi connectivity index (χ4n) is 0. The minimum absolute atomic E-state index is 0.